The normalized spacial score (nSPS) is 10.9. The first-order valence-electron chi connectivity index (χ1n) is 4.82. The van der Waals surface area contributed by atoms with E-state index in [1.54, 1.807) is 11.3 Å². The van der Waals surface area contributed by atoms with Crippen LogP contribution in [-0.4, -0.2) is 17.2 Å². The quantitative estimate of drug-likeness (QED) is 0.556. The molecule has 0 saturated carbocycles. The van der Waals surface area contributed by atoms with E-state index in [1.807, 2.05) is 11.6 Å². The summed E-state index contributed by atoms with van der Waals surface area (Å²) in [5.74, 6) is 0. The second-order valence-electron chi connectivity index (χ2n) is 3.59. The third kappa shape index (κ3) is 1.47. The lowest BCUT2D eigenvalue weighted by Gasteiger charge is -1.97. The Morgan fingerprint density at radius 1 is 1.33 bits per heavy atom. The fourth-order valence-electron chi connectivity index (χ4n) is 1.67. The SMILES string of the molecule is Bc1cccc(-c2cn3ccsc3n2)c1. The number of benzene rings is 1. The molecule has 0 amide bonds. The van der Waals surface area contributed by atoms with Crippen LogP contribution in [0.1, 0.15) is 0 Å². The zero-order valence-corrected chi connectivity index (χ0v) is 9.16. The summed E-state index contributed by atoms with van der Waals surface area (Å²) in [6.07, 6.45) is 4.10. The number of nitrogens with zero attached hydrogens (tertiary/aromatic N) is 2. The van der Waals surface area contributed by atoms with Crippen LogP contribution in [0.3, 0.4) is 0 Å². The first-order valence-corrected chi connectivity index (χ1v) is 5.70. The Morgan fingerprint density at radius 3 is 3.07 bits per heavy atom. The minimum atomic E-state index is 1.05. The van der Waals surface area contributed by atoms with Gasteiger partial charge in [-0.15, -0.1) is 11.3 Å². The first-order chi connectivity index (χ1) is 7.33. The van der Waals surface area contributed by atoms with Gasteiger partial charge in [0.1, 0.15) is 7.85 Å². The highest BCUT2D eigenvalue weighted by Gasteiger charge is 2.04. The van der Waals surface area contributed by atoms with E-state index in [0.29, 0.717) is 0 Å². The van der Waals surface area contributed by atoms with E-state index >= 15 is 0 Å². The van der Waals surface area contributed by atoms with Gasteiger partial charge in [-0.1, -0.05) is 29.7 Å². The largest absolute Gasteiger partial charge is 0.297 e. The fourth-order valence-corrected chi connectivity index (χ4v) is 2.37. The molecule has 15 heavy (non-hydrogen) atoms. The Labute approximate surface area is 92.6 Å². The molecule has 0 spiro atoms. The molecule has 0 fully saturated rings. The number of rotatable bonds is 1. The molecule has 0 aliphatic carbocycles. The molecule has 72 valence electrons. The van der Waals surface area contributed by atoms with Crippen molar-refractivity contribution in [3.8, 4) is 11.3 Å². The Kier molecular flexibility index (Phi) is 1.89. The third-order valence-corrected chi connectivity index (χ3v) is 3.18. The maximum atomic E-state index is 4.57. The first kappa shape index (κ1) is 8.74. The van der Waals surface area contributed by atoms with Crippen molar-refractivity contribution in [3.63, 3.8) is 0 Å². The highest BCUT2D eigenvalue weighted by molar-refractivity contribution is 7.15. The molecule has 0 aliphatic rings. The van der Waals surface area contributed by atoms with Crippen molar-refractivity contribution in [1.29, 1.82) is 0 Å². The maximum absolute atomic E-state index is 4.57. The summed E-state index contributed by atoms with van der Waals surface area (Å²) in [5, 5.41) is 2.04. The molecule has 2 aromatic heterocycles. The van der Waals surface area contributed by atoms with E-state index in [9.17, 15) is 0 Å². The molecule has 1 aromatic carbocycles. The van der Waals surface area contributed by atoms with Crippen molar-refractivity contribution in [1.82, 2.24) is 9.38 Å². The number of hydrogen-bond acceptors (Lipinski definition) is 2. The van der Waals surface area contributed by atoms with Gasteiger partial charge in [0.25, 0.3) is 0 Å². The average Bonchev–Trinajstić information content (AvgIpc) is 2.76. The molecule has 2 heterocycles. The highest BCUT2D eigenvalue weighted by atomic mass is 32.1. The third-order valence-electron chi connectivity index (χ3n) is 2.41. The summed E-state index contributed by atoms with van der Waals surface area (Å²) < 4.78 is 2.06. The van der Waals surface area contributed by atoms with Crippen molar-refractivity contribution in [2.24, 2.45) is 0 Å². The molecule has 0 saturated heterocycles. The molecule has 0 aliphatic heterocycles. The summed E-state index contributed by atoms with van der Waals surface area (Å²) in [6.45, 7) is 0. The molecule has 0 bridgehead atoms. The van der Waals surface area contributed by atoms with Crippen LogP contribution in [0.5, 0.6) is 0 Å². The van der Waals surface area contributed by atoms with E-state index in [-0.39, 0.29) is 0 Å². The van der Waals surface area contributed by atoms with Crippen LogP contribution in [0.4, 0.5) is 0 Å². The van der Waals surface area contributed by atoms with Crippen LogP contribution in [-0.2, 0) is 0 Å². The van der Waals surface area contributed by atoms with Gasteiger partial charge in [-0.2, -0.15) is 0 Å². The second-order valence-corrected chi connectivity index (χ2v) is 4.46. The summed E-state index contributed by atoms with van der Waals surface area (Å²) in [4.78, 5) is 5.61. The van der Waals surface area contributed by atoms with Crippen molar-refractivity contribution in [3.05, 3.63) is 42.0 Å². The topological polar surface area (TPSA) is 17.3 Å². The molecule has 0 N–H and O–H groups in total. The molecular weight excluding hydrogens is 203 g/mol. The lowest BCUT2D eigenvalue weighted by Crippen LogP contribution is -2.00. The van der Waals surface area contributed by atoms with E-state index in [1.165, 1.54) is 11.0 Å². The molecule has 3 aromatic rings. The van der Waals surface area contributed by atoms with Crippen molar-refractivity contribution < 1.29 is 0 Å². The van der Waals surface area contributed by atoms with E-state index in [0.717, 1.165) is 10.7 Å². The maximum Gasteiger partial charge on any atom is 0.194 e. The van der Waals surface area contributed by atoms with Crippen LogP contribution < -0.4 is 5.46 Å². The lowest BCUT2D eigenvalue weighted by molar-refractivity contribution is 1.23. The fraction of sp³-hybridized carbons (Fsp3) is 0. The van der Waals surface area contributed by atoms with Gasteiger partial charge in [0, 0.05) is 23.3 Å². The zero-order valence-electron chi connectivity index (χ0n) is 8.34. The number of fused-ring (bicyclic) bond motifs is 1. The van der Waals surface area contributed by atoms with Crippen LogP contribution in [0, 0.1) is 0 Å². The minimum absolute atomic E-state index is 1.05. The molecule has 0 radical (unpaired) electrons. The smallest absolute Gasteiger partial charge is 0.194 e. The molecular formula is C11H9BN2S. The molecule has 4 heteroatoms. The highest BCUT2D eigenvalue weighted by Crippen LogP contribution is 2.20. The van der Waals surface area contributed by atoms with Gasteiger partial charge in [-0.3, -0.25) is 4.40 Å². The Hall–Kier alpha value is -1.55. The molecule has 3 rings (SSSR count). The molecule has 2 nitrogen and oxygen atoms in total. The van der Waals surface area contributed by atoms with Gasteiger partial charge in [0.2, 0.25) is 0 Å². The van der Waals surface area contributed by atoms with Crippen molar-refractivity contribution in [2.45, 2.75) is 0 Å². The Bertz CT molecular complexity index is 583. The zero-order chi connectivity index (χ0) is 10.3. The monoisotopic (exact) mass is 212 g/mol. The summed E-state index contributed by atoms with van der Waals surface area (Å²) in [6, 6.07) is 8.42. The summed E-state index contributed by atoms with van der Waals surface area (Å²) in [7, 11) is 2.10. The van der Waals surface area contributed by atoms with Crippen LogP contribution in [0.25, 0.3) is 16.2 Å². The summed E-state index contributed by atoms with van der Waals surface area (Å²) >= 11 is 1.66. The molecule has 0 unspecified atom stereocenters. The van der Waals surface area contributed by atoms with E-state index in [2.05, 4.69) is 47.7 Å². The lowest BCUT2D eigenvalue weighted by atomic mass is 9.94. The minimum Gasteiger partial charge on any atom is -0.297 e. The van der Waals surface area contributed by atoms with Crippen molar-refractivity contribution in [2.75, 3.05) is 0 Å². The Morgan fingerprint density at radius 2 is 2.27 bits per heavy atom. The van der Waals surface area contributed by atoms with Gasteiger partial charge in [0.05, 0.1) is 5.69 Å². The summed E-state index contributed by atoms with van der Waals surface area (Å²) in [5.41, 5.74) is 3.50. The van der Waals surface area contributed by atoms with Gasteiger partial charge < -0.3 is 0 Å². The van der Waals surface area contributed by atoms with E-state index < -0.39 is 0 Å². The number of aromatic nitrogens is 2. The van der Waals surface area contributed by atoms with Gasteiger partial charge in [-0.05, 0) is 0 Å². The van der Waals surface area contributed by atoms with Gasteiger partial charge >= 0.3 is 0 Å². The van der Waals surface area contributed by atoms with Gasteiger partial charge in [-0.25, -0.2) is 4.98 Å². The van der Waals surface area contributed by atoms with Gasteiger partial charge in [0.15, 0.2) is 4.96 Å². The molecule has 0 atom stereocenters. The second kappa shape index (κ2) is 3.24. The van der Waals surface area contributed by atoms with Crippen LogP contribution >= 0.6 is 11.3 Å². The van der Waals surface area contributed by atoms with E-state index in [4.69, 9.17) is 0 Å². The standard InChI is InChI=1S/C11H9BN2S/c12-9-3-1-2-8(6-9)10-7-14-4-5-15-11(14)13-10/h1-7H,12H2. The predicted octanol–water partition coefficient (Wildman–Crippen LogP) is 1.32. The Balaban J connectivity index is 2.17. The van der Waals surface area contributed by atoms with Crippen LogP contribution in [0.15, 0.2) is 42.0 Å². The number of imidazole rings is 1. The van der Waals surface area contributed by atoms with Crippen LogP contribution in [0.2, 0.25) is 0 Å². The predicted molar refractivity (Wildman–Crippen MR) is 66.7 cm³/mol. The number of hydrogen-bond donors (Lipinski definition) is 0. The average molecular weight is 212 g/mol. The van der Waals surface area contributed by atoms with Crippen molar-refractivity contribution >= 4 is 29.6 Å². The number of thiazole rings is 1.